The molecule has 9 nitrogen and oxygen atoms in total. The minimum atomic E-state index is -1.30. The number of nitro benzene ring substituents is 1. The molecule has 3 aromatic rings. The number of carbonyl (C=O) groups is 4. The van der Waals surface area contributed by atoms with Gasteiger partial charge in [-0.1, -0.05) is 47.5 Å². The number of hydrogen-bond acceptors (Lipinski definition) is 6. The van der Waals surface area contributed by atoms with Crippen molar-refractivity contribution in [3.63, 3.8) is 0 Å². The normalized spacial score (nSPS) is 13.4. The van der Waals surface area contributed by atoms with Crippen molar-refractivity contribution >= 4 is 40.8 Å². The van der Waals surface area contributed by atoms with Crippen molar-refractivity contribution in [3.05, 3.63) is 110 Å². The van der Waals surface area contributed by atoms with E-state index < -0.39 is 45.7 Å². The number of nitrogens with zero attached hydrogens (tertiary/aromatic N) is 3. The van der Waals surface area contributed by atoms with Crippen LogP contribution in [-0.2, 0) is 0 Å². The lowest BCUT2D eigenvalue weighted by molar-refractivity contribution is -0.385. The van der Waals surface area contributed by atoms with Crippen LogP contribution in [0.15, 0.2) is 66.7 Å². The molecule has 0 aromatic heterocycles. The summed E-state index contributed by atoms with van der Waals surface area (Å²) < 4.78 is 0. The first-order valence-electron chi connectivity index (χ1n) is 10.5. The molecule has 0 saturated heterocycles. The molecule has 0 N–H and O–H groups in total. The number of hydrogen-bond donors (Lipinski definition) is 0. The van der Waals surface area contributed by atoms with Crippen LogP contribution >= 0.6 is 11.6 Å². The summed E-state index contributed by atoms with van der Waals surface area (Å²) in [5.41, 5.74) is -0.00111. The Balaban J connectivity index is 1.83. The lowest BCUT2D eigenvalue weighted by Gasteiger charge is -2.34. The van der Waals surface area contributed by atoms with Crippen molar-refractivity contribution in [2.45, 2.75) is 19.9 Å². The lowest BCUT2D eigenvalue weighted by Crippen LogP contribution is -2.56. The van der Waals surface area contributed by atoms with Gasteiger partial charge in [0.1, 0.15) is 11.6 Å². The van der Waals surface area contributed by atoms with Gasteiger partial charge in [-0.3, -0.25) is 29.3 Å². The monoisotopic (exact) mass is 491 g/mol. The molecule has 1 aliphatic heterocycles. The van der Waals surface area contributed by atoms with E-state index in [1.807, 2.05) is 6.92 Å². The Morgan fingerprint density at radius 1 is 0.943 bits per heavy atom. The molecule has 0 unspecified atom stereocenters. The van der Waals surface area contributed by atoms with Crippen LogP contribution in [0, 0.1) is 17.0 Å². The van der Waals surface area contributed by atoms with Crippen molar-refractivity contribution in [3.8, 4) is 0 Å². The highest BCUT2D eigenvalue weighted by Gasteiger charge is 2.48. The molecule has 4 rings (SSSR count). The van der Waals surface area contributed by atoms with E-state index in [9.17, 15) is 29.3 Å². The highest BCUT2D eigenvalue weighted by atomic mass is 35.5. The SMILES string of the molecule is Cc1ccc(C(=O)[C@@H](C)N(C(=O)c2ccc(Cl)cc2)N2C(=O)c3cccc([N+](=O)[O-])c3C2=O)cc1. The average Bonchev–Trinajstić information content (AvgIpc) is 3.09. The number of carbonyl (C=O) groups excluding carboxylic acids is 4. The van der Waals surface area contributed by atoms with Crippen LogP contribution < -0.4 is 0 Å². The van der Waals surface area contributed by atoms with Crippen LogP contribution in [0.4, 0.5) is 5.69 Å². The van der Waals surface area contributed by atoms with Crippen molar-refractivity contribution in [1.29, 1.82) is 0 Å². The summed E-state index contributed by atoms with van der Waals surface area (Å²) in [6.07, 6.45) is 0. The minimum Gasteiger partial charge on any atom is -0.292 e. The summed E-state index contributed by atoms with van der Waals surface area (Å²) in [7, 11) is 0. The second-order valence-electron chi connectivity index (χ2n) is 7.94. The highest BCUT2D eigenvalue weighted by molar-refractivity contribution is 6.30. The molecule has 3 aromatic carbocycles. The molecule has 1 heterocycles. The number of imide groups is 1. The van der Waals surface area contributed by atoms with E-state index in [-0.39, 0.29) is 16.7 Å². The fourth-order valence-electron chi connectivity index (χ4n) is 3.84. The number of benzene rings is 3. The maximum Gasteiger partial charge on any atom is 0.287 e. The number of ketones is 1. The number of hydrazine groups is 1. The van der Waals surface area contributed by atoms with Crippen molar-refractivity contribution < 1.29 is 24.1 Å². The second kappa shape index (κ2) is 9.11. The molecule has 0 radical (unpaired) electrons. The van der Waals surface area contributed by atoms with E-state index in [0.717, 1.165) is 16.6 Å². The molecule has 35 heavy (non-hydrogen) atoms. The fourth-order valence-corrected chi connectivity index (χ4v) is 3.96. The van der Waals surface area contributed by atoms with E-state index >= 15 is 0 Å². The van der Waals surface area contributed by atoms with E-state index in [1.165, 1.54) is 43.3 Å². The molecule has 0 fully saturated rings. The molecule has 1 aliphatic rings. The third-order valence-corrected chi connectivity index (χ3v) is 5.92. The first-order chi connectivity index (χ1) is 16.6. The highest BCUT2D eigenvalue weighted by Crippen LogP contribution is 2.33. The molecular formula is C25H18ClN3O6. The molecule has 10 heteroatoms. The van der Waals surface area contributed by atoms with Gasteiger partial charge in [0, 0.05) is 22.2 Å². The van der Waals surface area contributed by atoms with Crippen LogP contribution in [-0.4, -0.2) is 44.5 Å². The third kappa shape index (κ3) is 4.17. The molecule has 0 aliphatic carbocycles. The van der Waals surface area contributed by atoms with Gasteiger partial charge in [0.25, 0.3) is 23.4 Å². The van der Waals surface area contributed by atoms with Crippen molar-refractivity contribution in [2.75, 3.05) is 0 Å². The second-order valence-corrected chi connectivity index (χ2v) is 8.38. The first kappa shape index (κ1) is 23.8. The Bertz CT molecular complexity index is 1390. The van der Waals surface area contributed by atoms with Gasteiger partial charge >= 0.3 is 0 Å². The summed E-state index contributed by atoms with van der Waals surface area (Å²) >= 11 is 5.92. The van der Waals surface area contributed by atoms with E-state index in [0.29, 0.717) is 10.0 Å². The molecule has 176 valence electrons. The standard InChI is InChI=1S/C25H18ClN3O6/c1-14-6-8-16(9-7-14)22(30)15(2)27(23(31)17-10-12-18(26)13-11-17)28-24(32)19-4-3-5-20(29(34)35)21(19)25(28)33/h3-13,15H,1-2H3/t15-/m1/s1. The lowest BCUT2D eigenvalue weighted by atomic mass is 10.0. The van der Waals surface area contributed by atoms with Crippen LogP contribution in [0.2, 0.25) is 5.02 Å². The largest absolute Gasteiger partial charge is 0.292 e. The number of rotatable bonds is 6. The van der Waals surface area contributed by atoms with Gasteiger partial charge in [0.2, 0.25) is 0 Å². The Morgan fingerprint density at radius 3 is 2.14 bits per heavy atom. The predicted molar refractivity (Wildman–Crippen MR) is 126 cm³/mol. The molecular weight excluding hydrogens is 474 g/mol. The first-order valence-corrected chi connectivity index (χ1v) is 10.9. The summed E-state index contributed by atoms with van der Waals surface area (Å²) in [4.78, 5) is 64.3. The van der Waals surface area contributed by atoms with Crippen LogP contribution in [0.5, 0.6) is 0 Å². The smallest absolute Gasteiger partial charge is 0.287 e. The minimum absolute atomic E-state index is 0.0593. The van der Waals surface area contributed by atoms with E-state index in [2.05, 4.69) is 0 Å². The number of amides is 3. The maximum absolute atomic E-state index is 13.6. The van der Waals surface area contributed by atoms with Crippen LogP contribution in [0.1, 0.15) is 53.9 Å². The average molecular weight is 492 g/mol. The summed E-state index contributed by atoms with van der Waals surface area (Å²) in [5.74, 6) is -3.37. The number of aryl methyl sites for hydroxylation is 1. The van der Waals surface area contributed by atoms with Gasteiger partial charge in [-0.25, -0.2) is 5.01 Å². The Hall–Kier alpha value is -4.37. The zero-order chi connectivity index (χ0) is 25.4. The molecule has 0 saturated carbocycles. The Labute approximate surface area is 204 Å². The van der Waals surface area contributed by atoms with Crippen LogP contribution in [0.25, 0.3) is 0 Å². The molecule has 0 spiro atoms. The molecule has 0 bridgehead atoms. The van der Waals surface area contributed by atoms with Gasteiger partial charge in [-0.2, -0.15) is 5.01 Å². The van der Waals surface area contributed by atoms with Gasteiger partial charge in [0.15, 0.2) is 5.78 Å². The van der Waals surface area contributed by atoms with Gasteiger partial charge in [0.05, 0.1) is 10.5 Å². The number of nitro groups is 1. The summed E-state index contributed by atoms with van der Waals surface area (Å²) in [6.45, 7) is 3.23. The number of Topliss-reactive ketones (excluding diaryl/α,β-unsaturated/α-hetero) is 1. The topological polar surface area (TPSA) is 118 Å². The van der Waals surface area contributed by atoms with Crippen LogP contribution in [0.3, 0.4) is 0 Å². The Morgan fingerprint density at radius 2 is 1.54 bits per heavy atom. The fraction of sp³-hybridized carbons (Fsp3) is 0.120. The number of halogens is 1. The zero-order valence-electron chi connectivity index (χ0n) is 18.6. The molecule has 1 atom stereocenters. The van der Waals surface area contributed by atoms with E-state index in [1.54, 1.807) is 24.3 Å². The van der Waals surface area contributed by atoms with Gasteiger partial charge in [-0.05, 0) is 44.2 Å². The Kier molecular flexibility index (Phi) is 6.19. The van der Waals surface area contributed by atoms with E-state index in [4.69, 9.17) is 11.6 Å². The summed E-state index contributed by atoms with van der Waals surface area (Å²) in [5, 5.41) is 13.1. The van der Waals surface area contributed by atoms with Gasteiger partial charge in [-0.15, -0.1) is 0 Å². The van der Waals surface area contributed by atoms with Crippen molar-refractivity contribution in [2.24, 2.45) is 0 Å². The quantitative estimate of drug-likeness (QED) is 0.217. The molecule has 3 amide bonds. The predicted octanol–water partition coefficient (Wildman–Crippen LogP) is 4.48. The maximum atomic E-state index is 13.6. The summed E-state index contributed by atoms with van der Waals surface area (Å²) in [6, 6.07) is 14.6. The third-order valence-electron chi connectivity index (χ3n) is 5.67. The van der Waals surface area contributed by atoms with Crippen molar-refractivity contribution in [1.82, 2.24) is 10.0 Å². The van der Waals surface area contributed by atoms with Gasteiger partial charge < -0.3 is 0 Å². The zero-order valence-corrected chi connectivity index (χ0v) is 19.4. The number of fused-ring (bicyclic) bond motifs is 1.